The Morgan fingerprint density at radius 2 is 1.88 bits per heavy atom. The highest BCUT2D eigenvalue weighted by Crippen LogP contribution is 2.35. The number of hydrogen-bond donors (Lipinski definition) is 2. The summed E-state index contributed by atoms with van der Waals surface area (Å²) in [5.74, 6) is 0.0286. The number of aromatic nitrogens is 3. The van der Waals surface area contributed by atoms with E-state index in [0.717, 1.165) is 50.7 Å². The standard InChI is InChI=1S/C30H36F3N5O4/c1-3-11-29(2,41)21-9-12-37(13-10-21)27(39)17-38-16-20-14-24(25(15-23(20)36-38)42-18-19-7-8-19)35-28(40)22-5-4-6-26(34-22)30(31,32)33/h4-6,14-16,19,21,41H,3,7-13,17-18H2,1-2H3,(H,35,40). The maximum atomic E-state index is 13.1. The number of pyridine rings is 1. The van der Waals surface area contributed by atoms with Crippen molar-refractivity contribution in [3.63, 3.8) is 0 Å². The average Bonchev–Trinajstić information content (AvgIpc) is 3.70. The molecule has 0 bridgehead atoms. The smallest absolute Gasteiger partial charge is 0.433 e. The molecule has 12 heteroatoms. The van der Waals surface area contributed by atoms with Crippen LogP contribution in [0.3, 0.4) is 0 Å². The summed E-state index contributed by atoms with van der Waals surface area (Å²) < 4.78 is 46.9. The molecule has 1 saturated heterocycles. The lowest BCUT2D eigenvalue weighted by Gasteiger charge is -2.39. The second-order valence-electron chi connectivity index (χ2n) is 11.6. The zero-order chi connectivity index (χ0) is 30.1. The topological polar surface area (TPSA) is 110 Å². The highest BCUT2D eigenvalue weighted by Gasteiger charge is 2.35. The molecule has 2 aliphatic rings. The van der Waals surface area contributed by atoms with E-state index in [2.05, 4.69) is 15.4 Å². The number of hydrogen-bond acceptors (Lipinski definition) is 6. The van der Waals surface area contributed by atoms with Gasteiger partial charge in [-0.2, -0.15) is 18.3 Å². The molecule has 3 heterocycles. The largest absolute Gasteiger partial charge is 0.491 e. The number of halogens is 3. The zero-order valence-corrected chi connectivity index (χ0v) is 23.8. The second kappa shape index (κ2) is 11.9. The first-order valence-electron chi connectivity index (χ1n) is 14.4. The average molecular weight is 588 g/mol. The van der Waals surface area contributed by atoms with Gasteiger partial charge in [-0.1, -0.05) is 19.4 Å². The number of aliphatic hydroxyl groups is 1. The van der Waals surface area contributed by atoms with E-state index in [-0.39, 0.29) is 29.8 Å². The highest BCUT2D eigenvalue weighted by atomic mass is 19.4. The first kappa shape index (κ1) is 29.8. The number of nitrogens with zero attached hydrogens (tertiary/aromatic N) is 4. The molecule has 2 amide bonds. The summed E-state index contributed by atoms with van der Waals surface area (Å²) in [5, 5.41) is 18.6. The molecular formula is C30H36F3N5O4. The maximum absolute atomic E-state index is 13.1. The third-order valence-electron chi connectivity index (χ3n) is 8.13. The summed E-state index contributed by atoms with van der Waals surface area (Å²) in [5.41, 5.74) is -1.43. The van der Waals surface area contributed by atoms with Gasteiger partial charge in [0.1, 0.15) is 23.7 Å². The first-order chi connectivity index (χ1) is 19.9. The van der Waals surface area contributed by atoms with Crippen LogP contribution in [-0.2, 0) is 17.5 Å². The Morgan fingerprint density at radius 1 is 1.14 bits per heavy atom. The third-order valence-corrected chi connectivity index (χ3v) is 8.13. The second-order valence-corrected chi connectivity index (χ2v) is 11.6. The Bertz CT molecular complexity index is 1440. The maximum Gasteiger partial charge on any atom is 0.433 e. The van der Waals surface area contributed by atoms with E-state index in [4.69, 9.17) is 4.74 Å². The monoisotopic (exact) mass is 587 g/mol. The van der Waals surface area contributed by atoms with Gasteiger partial charge < -0.3 is 20.1 Å². The minimum atomic E-state index is -4.68. The Hall–Kier alpha value is -3.67. The van der Waals surface area contributed by atoms with E-state index in [1.165, 1.54) is 10.7 Å². The van der Waals surface area contributed by atoms with E-state index < -0.39 is 23.4 Å². The molecule has 2 aromatic heterocycles. The van der Waals surface area contributed by atoms with Crippen LogP contribution in [0.1, 0.15) is 68.6 Å². The number of carbonyl (C=O) groups excluding carboxylic acids is 2. The fourth-order valence-electron chi connectivity index (χ4n) is 5.50. The number of ether oxygens (including phenoxy) is 1. The van der Waals surface area contributed by atoms with Crippen molar-refractivity contribution in [1.29, 1.82) is 0 Å². The lowest BCUT2D eigenvalue weighted by Crippen LogP contribution is -2.46. The van der Waals surface area contributed by atoms with Crippen molar-refractivity contribution in [2.45, 2.75) is 70.7 Å². The number of carbonyl (C=O) groups is 2. The van der Waals surface area contributed by atoms with Gasteiger partial charge in [-0.05, 0) is 69.1 Å². The number of fused-ring (bicyclic) bond motifs is 1. The Labute approximate surface area is 242 Å². The molecule has 1 unspecified atom stereocenters. The molecule has 226 valence electrons. The van der Waals surface area contributed by atoms with Gasteiger partial charge in [0.15, 0.2) is 0 Å². The number of nitrogens with one attached hydrogen (secondary N) is 1. The molecule has 1 aliphatic heterocycles. The fraction of sp³-hybridized carbons (Fsp3) is 0.533. The summed E-state index contributed by atoms with van der Waals surface area (Å²) in [7, 11) is 0. The van der Waals surface area contributed by atoms with E-state index >= 15 is 0 Å². The predicted octanol–water partition coefficient (Wildman–Crippen LogP) is 5.28. The van der Waals surface area contributed by atoms with Crippen LogP contribution in [0.2, 0.25) is 0 Å². The number of alkyl halides is 3. The molecule has 0 spiro atoms. The molecule has 5 rings (SSSR count). The number of anilines is 1. The summed E-state index contributed by atoms with van der Waals surface area (Å²) in [6.45, 7) is 5.54. The molecule has 2 fully saturated rings. The Balaban J connectivity index is 1.30. The van der Waals surface area contributed by atoms with Gasteiger partial charge in [0.05, 0.1) is 23.4 Å². The highest BCUT2D eigenvalue weighted by molar-refractivity contribution is 6.05. The lowest BCUT2D eigenvalue weighted by atomic mass is 9.79. The van der Waals surface area contributed by atoms with Gasteiger partial charge in [0.25, 0.3) is 5.91 Å². The first-order valence-corrected chi connectivity index (χ1v) is 14.4. The third kappa shape index (κ3) is 7.03. The molecule has 3 aromatic rings. The summed E-state index contributed by atoms with van der Waals surface area (Å²) in [6, 6.07) is 6.45. The molecule has 2 N–H and O–H groups in total. The van der Waals surface area contributed by atoms with Crippen LogP contribution in [0.4, 0.5) is 18.9 Å². The molecule has 1 atom stereocenters. The van der Waals surface area contributed by atoms with Crippen molar-refractivity contribution < 1.29 is 32.6 Å². The van der Waals surface area contributed by atoms with E-state index in [1.807, 2.05) is 13.8 Å². The quantitative estimate of drug-likeness (QED) is 0.334. The number of amides is 2. The molecule has 1 aromatic carbocycles. The van der Waals surface area contributed by atoms with E-state index in [9.17, 15) is 27.9 Å². The van der Waals surface area contributed by atoms with Crippen LogP contribution in [0.15, 0.2) is 36.5 Å². The summed E-state index contributed by atoms with van der Waals surface area (Å²) in [4.78, 5) is 31.2. The number of rotatable bonds is 10. The van der Waals surface area contributed by atoms with Crippen molar-refractivity contribution in [1.82, 2.24) is 19.7 Å². The fourth-order valence-corrected chi connectivity index (χ4v) is 5.50. The Morgan fingerprint density at radius 3 is 2.55 bits per heavy atom. The van der Waals surface area contributed by atoms with Crippen LogP contribution < -0.4 is 10.1 Å². The van der Waals surface area contributed by atoms with Crippen molar-refractivity contribution in [2.75, 3.05) is 25.0 Å². The molecule has 1 saturated carbocycles. The number of piperidine rings is 1. The molecule has 42 heavy (non-hydrogen) atoms. The SMILES string of the molecule is CCCC(C)(O)C1CCN(C(=O)Cn2cc3cc(NC(=O)c4cccc(C(F)(F)F)n4)c(OCC4CC4)cc3n2)CC1. The molecule has 0 radical (unpaired) electrons. The normalized spacial score (nSPS) is 17.7. The van der Waals surface area contributed by atoms with E-state index in [1.54, 1.807) is 23.2 Å². The van der Waals surface area contributed by atoms with Crippen LogP contribution >= 0.6 is 0 Å². The van der Waals surface area contributed by atoms with Crippen LogP contribution in [0, 0.1) is 11.8 Å². The van der Waals surface area contributed by atoms with Crippen LogP contribution in [0.5, 0.6) is 5.75 Å². The van der Waals surface area contributed by atoms with E-state index in [0.29, 0.717) is 42.3 Å². The molecule has 1 aliphatic carbocycles. The van der Waals surface area contributed by atoms with Crippen molar-refractivity contribution in [2.24, 2.45) is 11.8 Å². The number of likely N-dealkylation sites (tertiary alicyclic amines) is 1. The van der Waals surface area contributed by atoms with Crippen molar-refractivity contribution in [3.8, 4) is 5.75 Å². The number of benzene rings is 1. The summed E-state index contributed by atoms with van der Waals surface area (Å²) in [6.07, 6.45) is 2.22. The van der Waals surface area contributed by atoms with Gasteiger partial charge in [0, 0.05) is 30.7 Å². The molecular weight excluding hydrogens is 551 g/mol. The van der Waals surface area contributed by atoms with Gasteiger partial charge in [-0.3, -0.25) is 14.3 Å². The van der Waals surface area contributed by atoms with Crippen LogP contribution in [0.25, 0.3) is 10.9 Å². The minimum Gasteiger partial charge on any atom is -0.491 e. The predicted molar refractivity (Wildman–Crippen MR) is 150 cm³/mol. The van der Waals surface area contributed by atoms with Gasteiger partial charge >= 0.3 is 6.18 Å². The minimum absolute atomic E-state index is 0.0266. The van der Waals surface area contributed by atoms with Crippen molar-refractivity contribution >= 4 is 28.4 Å². The van der Waals surface area contributed by atoms with Gasteiger partial charge in [-0.25, -0.2) is 4.98 Å². The van der Waals surface area contributed by atoms with Crippen molar-refractivity contribution in [3.05, 3.63) is 47.9 Å². The zero-order valence-electron chi connectivity index (χ0n) is 23.8. The summed E-state index contributed by atoms with van der Waals surface area (Å²) >= 11 is 0. The molecule has 9 nitrogen and oxygen atoms in total. The lowest BCUT2D eigenvalue weighted by molar-refractivity contribution is -0.141. The van der Waals surface area contributed by atoms with Crippen LogP contribution in [-0.4, -0.2) is 61.9 Å². The Kier molecular flexibility index (Phi) is 8.45. The van der Waals surface area contributed by atoms with Gasteiger partial charge in [0.2, 0.25) is 5.91 Å². The van der Waals surface area contributed by atoms with Gasteiger partial charge in [-0.15, -0.1) is 0 Å².